The number of carbonyl (C=O) groups is 2. The van der Waals surface area contributed by atoms with Gasteiger partial charge in [-0.15, -0.1) is 0 Å². The van der Waals surface area contributed by atoms with Crippen LogP contribution in [0.2, 0.25) is 0 Å². The van der Waals surface area contributed by atoms with E-state index >= 15 is 0 Å². The van der Waals surface area contributed by atoms with Crippen molar-refractivity contribution in [3.8, 4) is 0 Å². The van der Waals surface area contributed by atoms with Gasteiger partial charge in [-0.05, 0) is 40.0 Å². The fourth-order valence-corrected chi connectivity index (χ4v) is 2.98. The molecule has 11 nitrogen and oxygen atoms in total. The highest BCUT2D eigenvalue weighted by molar-refractivity contribution is 6.42. The van der Waals surface area contributed by atoms with Crippen molar-refractivity contribution < 1.29 is 17.9 Å². The fraction of sp³-hybridized carbons (Fsp3) is 0.643. The Morgan fingerprint density at radius 2 is 1.18 bits per heavy atom. The largest absolute Gasteiger partial charge is 1.00 e. The van der Waals surface area contributed by atoms with Crippen molar-refractivity contribution in [2.45, 2.75) is 81.1 Å². The van der Waals surface area contributed by atoms with Crippen LogP contribution >= 0.6 is 0 Å². The monoisotopic (exact) mass is 550 g/mol. The predicted octanol–water partition coefficient (Wildman–Crippen LogP) is 3.61. The van der Waals surface area contributed by atoms with Gasteiger partial charge >= 0.3 is 0 Å². The maximum Gasteiger partial charge on any atom is 0.197 e. The summed E-state index contributed by atoms with van der Waals surface area (Å²) in [4.78, 5) is 45.6. The molecular weight excluding hydrogens is 496 g/mol. The summed E-state index contributed by atoms with van der Waals surface area (Å²) in [6.07, 6.45) is 6.79. The topological polar surface area (TPSA) is 191 Å². The average Bonchev–Trinajstić information content (AvgIpc) is 2.94. The van der Waals surface area contributed by atoms with Gasteiger partial charge in [-0.1, -0.05) is 27.7 Å². The Labute approximate surface area is 238 Å². The second-order valence-corrected chi connectivity index (χ2v) is 8.15. The van der Waals surface area contributed by atoms with Gasteiger partial charge in [0.1, 0.15) is 0 Å². The molecule has 3 rings (SSSR count). The lowest BCUT2D eigenvalue weighted by Gasteiger charge is -2.07. The lowest BCUT2D eigenvalue weighted by molar-refractivity contribution is -0.135. The quantitative estimate of drug-likeness (QED) is 0.505. The third-order valence-electron chi connectivity index (χ3n) is 5.21. The number of Topliss-reactive ketones (excluding diaryl/α,β-unsaturated/α-hetero) is 2. The van der Waals surface area contributed by atoms with Crippen LogP contribution < -0.4 is 11.5 Å². The maximum atomic E-state index is 10.2. The number of nitrogens with two attached hydrogens (primary N) is 2. The van der Waals surface area contributed by atoms with Gasteiger partial charge in [0.2, 0.25) is 0 Å². The molecule has 0 atom stereocenters. The van der Waals surface area contributed by atoms with Gasteiger partial charge in [-0.25, -0.2) is 0 Å². The molecule has 0 aromatic carbocycles. The van der Waals surface area contributed by atoms with Crippen molar-refractivity contribution in [1.29, 1.82) is 0 Å². The van der Waals surface area contributed by atoms with E-state index in [1.807, 2.05) is 20.8 Å². The first-order valence-corrected chi connectivity index (χ1v) is 13.4. The van der Waals surface area contributed by atoms with Gasteiger partial charge < -0.3 is 18.4 Å². The van der Waals surface area contributed by atoms with Crippen LogP contribution in [0, 0.1) is 6.92 Å². The normalized spacial score (nSPS) is 13.2. The van der Waals surface area contributed by atoms with Gasteiger partial charge in [-0.3, -0.25) is 39.5 Å². The number of aromatic nitrogens is 2. The van der Waals surface area contributed by atoms with Crippen molar-refractivity contribution in [3.05, 3.63) is 23.8 Å². The molecule has 0 radical (unpaired) electrons. The Hall–Kier alpha value is -3.02. The van der Waals surface area contributed by atoms with Crippen LogP contribution in [0.5, 0.6) is 0 Å². The highest BCUT2D eigenvalue weighted by Gasteiger charge is 2.04. The second-order valence-electron chi connectivity index (χ2n) is 8.15. The molecule has 2 aliphatic heterocycles. The number of hydrogen-bond acceptors (Lipinski definition) is 11. The summed E-state index contributed by atoms with van der Waals surface area (Å²) in [6.45, 7) is 20.0. The molecule has 0 aliphatic carbocycles. The molecule has 0 bridgehead atoms. The molecule has 0 fully saturated rings. The number of rotatable bonds is 6. The Morgan fingerprint density at radius 1 is 0.769 bits per heavy atom. The molecule has 5 N–H and O–H groups in total. The van der Waals surface area contributed by atoms with E-state index in [4.69, 9.17) is 11.5 Å². The van der Waals surface area contributed by atoms with Crippen LogP contribution in [-0.4, -0.2) is 89.1 Å². The Kier molecular flexibility index (Phi) is 27.6. The smallest absolute Gasteiger partial charge is 0.197 e. The molecule has 0 saturated carbocycles. The van der Waals surface area contributed by atoms with Crippen LogP contribution in [0.3, 0.4) is 0 Å². The van der Waals surface area contributed by atoms with E-state index in [9.17, 15) is 9.59 Å². The molecule has 0 spiro atoms. The Morgan fingerprint density at radius 3 is 1.38 bits per heavy atom. The van der Waals surface area contributed by atoms with E-state index in [1.165, 1.54) is 18.3 Å². The van der Waals surface area contributed by atoms with Gasteiger partial charge in [0, 0.05) is 40.3 Å². The summed E-state index contributed by atoms with van der Waals surface area (Å²) in [6, 6.07) is 0. The standard InChI is InChI=1S/2C7H12N2.C7H10N2.C5H8O2.C2H8N2.H2O.H2.H/c3*1-3-7-6(2)8-4-5-9-7;1-3-5(7)4(2)6;3-1-2-4;;;/h2*3-5H2,1-2H3;4-5H,3H2,1-2H3;3H2,1-2H3;1-4H2;1H2;1H;/q;;;;;;;-1/p-1. The molecule has 11 heteroatoms. The maximum absolute atomic E-state index is 10.2. The first-order valence-electron chi connectivity index (χ1n) is 13.4. The van der Waals surface area contributed by atoms with Crippen LogP contribution in [0.15, 0.2) is 32.4 Å². The van der Waals surface area contributed by atoms with E-state index in [0.717, 1.165) is 68.3 Å². The van der Waals surface area contributed by atoms with Gasteiger partial charge in [0.25, 0.3) is 0 Å². The zero-order valence-electron chi connectivity index (χ0n) is 26.3. The number of nitrogens with zero attached hydrogens (tertiary/aromatic N) is 6. The first-order chi connectivity index (χ1) is 18.1. The molecule has 0 saturated heterocycles. The SMILES string of the molecule is CCC(=O)C(C)=O.CCC1=NCCN=C1C.CCC1=NCCN=C1C.CCc1nccnc1C.NCCN.[H-].[HH].[OH-]. The van der Waals surface area contributed by atoms with Gasteiger partial charge in [-0.2, -0.15) is 0 Å². The number of carbonyl (C=O) groups excluding carboxylic acids is 2. The summed E-state index contributed by atoms with van der Waals surface area (Å²) < 4.78 is 0. The van der Waals surface area contributed by atoms with Crippen LogP contribution in [-0.2, 0) is 16.0 Å². The molecule has 2 aliphatic rings. The van der Waals surface area contributed by atoms with E-state index < -0.39 is 0 Å². The van der Waals surface area contributed by atoms with E-state index in [1.54, 1.807) is 19.3 Å². The third kappa shape index (κ3) is 20.6. The summed E-state index contributed by atoms with van der Waals surface area (Å²) >= 11 is 0. The molecule has 0 amide bonds. The average molecular weight is 551 g/mol. The van der Waals surface area contributed by atoms with E-state index in [-0.39, 0.29) is 19.9 Å². The zero-order chi connectivity index (χ0) is 29.3. The Balaban J connectivity index is -0.000000132. The van der Waals surface area contributed by atoms with E-state index in [2.05, 4.69) is 50.7 Å². The summed E-state index contributed by atoms with van der Waals surface area (Å²) in [5.41, 5.74) is 16.6. The number of aryl methyl sites for hydroxylation is 2. The molecular formula is C28H54N8O3-2. The van der Waals surface area contributed by atoms with Crippen molar-refractivity contribution in [2.75, 3.05) is 39.3 Å². The molecule has 1 aromatic heterocycles. The lowest BCUT2D eigenvalue weighted by atomic mass is 10.2. The highest BCUT2D eigenvalue weighted by atomic mass is 16.2. The predicted molar refractivity (Wildman–Crippen MR) is 167 cm³/mol. The van der Waals surface area contributed by atoms with Crippen LogP contribution in [0.1, 0.15) is 82.0 Å². The summed E-state index contributed by atoms with van der Waals surface area (Å²) in [5, 5.41) is 0. The van der Waals surface area contributed by atoms with Crippen molar-refractivity contribution in [1.82, 2.24) is 9.97 Å². The number of ketones is 2. The minimum Gasteiger partial charge on any atom is -1.00 e. The molecule has 39 heavy (non-hydrogen) atoms. The first kappa shape index (κ1) is 40.5. The van der Waals surface area contributed by atoms with Gasteiger partial charge in [0.15, 0.2) is 11.6 Å². The molecule has 1 aromatic rings. The molecule has 226 valence electrons. The third-order valence-corrected chi connectivity index (χ3v) is 5.21. The Bertz CT molecular complexity index is 912. The number of hydrogen-bond donors (Lipinski definition) is 2. The minimum absolute atomic E-state index is 0. The van der Waals surface area contributed by atoms with E-state index in [0.29, 0.717) is 19.5 Å². The van der Waals surface area contributed by atoms with Crippen molar-refractivity contribution >= 4 is 34.4 Å². The minimum atomic E-state index is -0.345. The molecule has 0 unspecified atom stereocenters. The summed E-state index contributed by atoms with van der Waals surface area (Å²) in [7, 11) is 0. The second kappa shape index (κ2) is 26.6. The fourth-order valence-electron chi connectivity index (χ4n) is 2.98. The number of aliphatic imine (C=N–C) groups is 4. The summed E-state index contributed by atoms with van der Waals surface area (Å²) in [5.74, 6) is -0.637. The van der Waals surface area contributed by atoms with Crippen molar-refractivity contribution in [2.24, 2.45) is 31.4 Å². The molecule has 3 heterocycles. The highest BCUT2D eigenvalue weighted by Crippen LogP contribution is 1.98. The van der Waals surface area contributed by atoms with Gasteiger partial charge in [0.05, 0.1) is 60.4 Å². The van der Waals surface area contributed by atoms with Crippen molar-refractivity contribution in [3.63, 3.8) is 0 Å². The lowest BCUT2D eigenvalue weighted by Crippen LogP contribution is -2.15. The van der Waals surface area contributed by atoms with Crippen LogP contribution in [0.4, 0.5) is 0 Å². The zero-order valence-corrected chi connectivity index (χ0v) is 25.3. The van der Waals surface area contributed by atoms with Crippen LogP contribution in [0.25, 0.3) is 0 Å².